The normalized spacial score (nSPS) is 13.6. The lowest BCUT2D eigenvalue weighted by atomic mass is 9.87. The van der Waals surface area contributed by atoms with Crippen LogP contribution >= 0.6 is 8.58 Å². The highest BCUT2D eigenvalue weighted by atomic mass is 31.1. The number of ether oxygens (including phenoxy) is 1. The Kier molecular flexibility index (Phi) is 10.6. The Morgan fingerprint density at radius 3 is 1.93 bits per heavy atom. The first-order valence-electron chi connectivity index (χ1n) is 15.5. The van der Waals surface area contributed by atoms with Gasteiger partial charge in [-0.15, -0.1) is 0 Å². The third-order valence-corrected chi connectivity index (χ3v) is 9.95. The van der Waals surface area contributed by atoms with Crippen LogP contribution in [0.25, 0.3) is 0 Å². The highest BCUT2D eigenvalue weighted by Crippen LogP contribution is 2.50. The van der Waals surface area contributed by atoms with Crippen LogP contribution in [-0.4, -0.2) is 5.11 Å². The number of halogens is 1. The first kappa shape index (κ1) is 31.6. The van der Waals surface area contributed by atoms with Crippen molar-refractivity contribution < 1.29 is 14.2 Å². The van der Waals surface area contributed by atoms with Gasteiger partial charge in [-0.05, 0) is 70.6 Å². The summed E-state index contributed by atoms with van der Waals surface area (Å²) in [4.78, 5) is 0. The van der Waals surface area contributed by atoms with Gasteiger partial charge in [0, 0.05) is 17.1 Å². The molecule has 0 amide bonds. The Hall–Kier alpha value is -3.78. The number of hydrogen-bond acceptors (Lipinski definition) is 2. The molecule has 0 aromatic heterocycles. The lowest BCUT2D eigenvalue weighted by Crippen LogP contribution is -2.23. The zero-order valence-electron chi connectivity index (χ0n) is 25.9. The minimum atomic E-state index is -0.758. The van der Waals surface area contributed by atoms with Crippen molar-refractivity contribution in [2.45, 2.75) is 64.3 Å². The molecule has 0 aliphatic carbocycles. The van der Waals surface area contributed by atoms with Crippen molar-refractivity contribution in [2.75, 3.05) is 0 Å². The molecule has 3 atom stereocenters. The van der Waals surface area contributed by atoms with Crippen LogP contribution < -0.4 is 10.0 Å². The van der Waals surface area contributed by atoms with E-state index >= 15 is 0 Å². The molecule has 0 aliphatic rings. The van der Waals surface area contributed by atoms with Crippen LogP contribution in [0.3, 0.4) is 0 Å². The molecule has 0 saturated carbocycles. The van der Waals surface area contributed by atoms with E-state index in [0.717, 1.165) is 47.9 Å². The van der Waals surface area contributed by atoms with Crippen molar-refractivity contribution in [3.8, 4) is 5.75 Å². The highest BCUT2D eigenvalue weighted by molar-refractivity contribution is 7.48. The number of benzene rings is 5. The highest BCUT2D eigenvalue weighted by Gasteiger charge is 2.33. The Balaban J connectivity index is 1.68. The fraction of sp³-hybridized carbons (Fsp3) is 0.250. The molecule has 0 saturated heterocycles. The average Bonchev–Trinajstić information content (AvgIpc) is 3.03. The number of aliphatic hydroxyl groups is 1. The molecule has 0 aliphatic heterocycles. The molecule has 0 fully saturated rings. The van der Waals surface area contributed by atoms with Crippen molar-refractivity contribution >= 4 is 13.9 Å². The second-order valence-electron chi connectivity index (χ2n) is 11.8. The predicted molar refractivity (Wildman–Crippen MR) is 183 cm³/mol. The zero-order chi connectivity index (χ0) is 30.9. The second-order valence-corrected chi connectivity index (χ2v) is 13.7. The van der Waals surface area contributed by atoms with Gasteiger partial charge in [0.2, 0.25) is 0 Å². The van der Waals surface area contributed by atoms with Gasteiger partial charge in [-0.3, -0.25) is 0 Å². The van der Waals surface area contributed by atoms with Gasteiger partial charge >= 0.3 is 0 Å². The first-order valence-corrected chi connectivity index (χ1v) is 16.5. The van der Waals surface area contributed by atoms with Gasteiger partial charge in [-0.25, -0.2) is 4.39 Å². The molecule has 0 bridgehead atoms. The molecule has 4 heteroatoms. The summed E-state index contributed by atoms with van der Waals surface area (Å²) in [6.07, 6.45) is 2.70. The molecule has 226 valence electrons. The third-order valence-electron chi connectivity index (χ3n) is 8.16. The van der Waals surface area contributed by atoms with Gasteiger partial charge in [0.1, 0.15) is 18.2 Å². The molecule has 3 unspecified atom stereocenters. The van der Waals surface area contributed by atoms with E-state index in [1.807, 2.05) is 24.3 Å². The maximum atomic E-state index is 14.3. The monoisotopic (exact) mass is 604 g/mol. The van der Waals surface area contributed by atoms with E-state index in [2.05, 4.69) is 98.8 Å². The fourth-order valence-corrected chi connectivity index (χ4v) is 7.88. The summed E-state index contributed by atoms with van der Waals surface area (Å²) in [5, 5.41) is 11.3. The summed E-state index contributed by atoms with van der Waals surface area (Å²) < 4.78 is 21.2. The second kappa shape index (κ2) is 14.8. The van der Waals surface area contributed by atoms with Crippen molar-refractivity contribution in [2.24, 2.45) is 0 Å². The molecule has 1 N–H and O–H groups in total. The summed E-state index contributed by atoms with van der Waals surface area (Å²) in [6.45, 7) is 6.71. The number of rotatable bonds is 13. The van der Waals surface area contributed by atoms with Crippen molar-refractivity contribution in [1.82, 2.24) is 0 Å². The summed E-state index contributed by atoms with van der Waals surface area (Å²) in [7, 11) is 0.310. The van der Waals surface area contributed by atoms with E-state index in [4.69, 9.17) is 4.74 Å². The number of aliphatic hydroxyl groups excluding tert-OH is 1. The molecule has 2 nitrogen and oxygen atoms in total. The Morgan fingerprint density at radius 1 is 0.750 bits per heavy atom. The molecule has 5 rings (SSSR count). The topological polar surface area (TPSA) is 29.5 Å². The lowest BCUT2D eigenvalue weighted by Gasteiger charge is -2.34. The standard InChI is InChI=1S/C40H42FO2P/c1-4-22-40(3,44-38-21-20-35(41)27-36(38)29(2)42)37-26-33(23-30-14-8-5-9-15-30)25-34(24-31-16-10-6-11-17-31)39(37)43-28-32-18-12-7-13-19-32/h5-21,25-27,29,42,44H,4,22-24,28H2,1-3H3. The van der Waals surface area contributed by atoms with E-state index in [9.17, 15) is 9.50 Å². The maximum Gasteiger partial charge on any atom is 0.127 e. The zero-order valence-corrected chi connectivity index (χ0v) is 26.9. The minimum absolute atomic E-state index is 0.305. The SMILES string of the molecule is CCCC(C)(Pc1ccc(F)cc1C(C)O)c1cc(Cc2ccccc2)cc(Cc2ccccc2)c1OCc1ccccc1. The maximum absolute atomic E-state index is 14.3. The lowest BCUT2D eigenvalue weighted by molar-refractivity contribution is 0.200. The molecule has 0 heterocycles. The van der Waals surface area contributed by atoms with E-state index in [1.54, 1.807) is 6.92 Å². The fourth-order valence-electron chi connectivity index (χ4n) is 6.00. The summed E-state index contributed by atoms with van der Waals surface area (Å²) in [5.74, 6) is 0.604. The summed E-state index contributed by atoms with van der Waals surface area (Å²) in [5.41, 5.74) is 7.85. The molecular formula is C40H42FO2P. The van der Waals surface area contributed by atoms with Gasteiger partial charge in [0.15, 0.2) is 0 Å². The van der Waals surface area contributed by atoms with Crippen LogP contribution in [0.15, 0.2) is 121 Å². The largest absolute Gasteiger partial charge is 0.488 e. The van der Waals surface area contributed by atoms with E-state index in [0.29, 0.717) is 20.8 Å². The Bertz CT molecular complexity index is 1640. The Labute approximate surface area is 263 Å². The molecule has 5 aromatic rings. The minimum Gasteiger partial charge on any atom is -0.488 e. The van der Waals surface area contributed by atoms with Gasteiger partial charge < -0.3 is 9.84 Å². The summed E-state index contributed by atoms with van der Waals surface area (Å²) >= 11 is 0. The smallest absolute Gasteiger partial charge is 0.127 e. The van der Waals surface area contributed by atoms with Crippen molar-refractivity contribution in [1.29, 1.82) is 0 Å². The van der Waals surface area contributed by atoms with Crippen LogP contribution in [0.1, 0.15) is 78.7 Å². The quantitative estimate of drug-likeness (QED) is 0.136. The first-order chi connectivity index (χ1) is 21.3. The van der Waals surface area contributed by atoms with Gasteiger partial charge in [-0.2, -0.15) is 0 Å². The Morgan fingerprint density at radius 2 is 1.34 bits per heavy atom. The summed E-state index contributed by atoms with van der Waals surface area (Å²) in [6, 6.07) is 41.0. The average molecular weight is 605 g/mol. The van der Waals surface area contributed by atoms with Gasteiger partial charge in [-0.1, -0.05) is 138 Å². The molecule has 5 aromatic carbocycles. The van der Waals surface area contributed by atoms with Crippen molar-refractivity contribution in [3.05, 3.63) is 166 Å². The van der Waals surface area contributed by atoms with Crippen molar-refractivity contribution in [3.63, 3.8) is 0 Å². The van der Waals surface area contributed by atoms with Crippen LogP contribution in [0.5, 0.6) is 5.75 Å². The number of hydrogen-bond donors (Lipinski definition) is 1. The van der Waals surface area contributed by atoms with Crippen LogP contribution in [-0.2, 0) is 24.6 Å². The van der Waals surface area contributed by atoms with E-state index in [1.165, 1.54) is 34.4 Å². The third kappa shape index (κ3) is 8.03. The van der Waals surface area contributed by atoms with E-state index < -0.39 is 6.10 Å². The van der Waals surface area contributed by atoms with E-state index in [-0.39, 0.29) is 11.0 Å². The van der Waals surface area contributed by atoms with Crippen LogP contribution in [0, 0.1) is 5.82 Å². The molecule has 0 spiro atoms. The molecular weight excluding hydrogens is 562 g/mol. The molecule has 0 radical (unpaired) electrons. The predicted octanol–water partition coefficient (Wildman–Crippen LogP) is 9.66. The molecule has 44 heavy (non-hydrogen) atoms. The van der Waals surface area contributed by atoms with Gasteiger partial charge in [0.25, 0.3) is 0 Å². The van der Waals surface area contributed by atoms with Crippen LogP contribution in [0.2, 0.25) is 0 Å². The van der Waals surface area contributed by atoms with Crippen LogP contribution in [0.4, 0.5) is 4.39 Å². The van der Waals surface area contributed by atoms with Gasteiger partial charge in [0.05, 0.1) is 6.10 Å².